The Morgan fingerprint density at radius 2 is 1.43 bits per heavy atom. The quantitative estimate of drug-likeness (QED) is 0.805. The van der Waals surface area contributed by atoms with Crippen LogP contribution in [0.4, 0.5) is 0 Å². The van der Waals surface area contributed by atoms with E-state index in [9.17, 15) is 0 Å². The zero-order valence-corrected chi connectivity index (χ0v) is 13.1. The van der Waals surface area contributed by atoms with Crippen molar-refractivity contribution in [2.24, 2.45) is 5.92 Å². The van der Waals surface area contributed by atoms with E-state index in [0.717, 1.165) is 5.92 Å². The van der Waals surface area contributed by atoms with Crippen LogP contribution in [-0.2, 0) is 5.41 Å². The van der Waals surface area contributed by atoms with Crippen LogP contribution in [0.3, 0.4) is 0 Å². The summed E-state index contributed by atoms with van der Waals surface area (Å²) in [5, 5.41) is 0. The van der Waals surface area contributed by atoms with Crippen molar-refractivity contribution in [1.29, 1.82) is 0 Å². The van der Waals surface area contributed by atoms with Crippen molar-refractivity contribution in [3.63, 3.8) is 0 Å². The first kappa shape index (κ1) is 14.3. The maximum absolute atomic E-state index is 2.33. The molecule has 0 N–H and O–H groups in total. The summed E-state index contributed by atoms with van der Waals surface area (Å²) >= 11 is 0. The minimum Gasteiger partial charge on any atom is -0.309 e. The average molecular weight is 279 g/mol. The molecule has 1 heteroatoms. The van der Waals surface area contributed by atoms with Crippen LogP contribution in [0.2, 0.25) is 0 Å². The molecule has 0 bridgehead atoms. The van der Waals surface area contributed by atoms with Crippen LogP contribution in [0.15, 0.2) is 60.7 Å². The highest BCUT2D eigenvalue weighted by Crippen LogP contribution is 2.48. The highest BCUT2D eigenvalue weighted by molar-refractivity contribution is 5.40. The standard InChI is InChI=1S/C20H25N/c1-21(2)16-17-13-14-20(15-17,18-9-5-3-6-10-18)19-11-7-4-8-12-19/h3-12,17H,13-16H2,1-2H3. The Morgan fingerprint density at radius 3 is 1.90 bits per heavy atom. The summed E-state index contributed by atoms with van der Waals surface area (Å²) in [6.45, 7) is 1.20. The van der Waals surface area contributed by atoms with E-state index in [2.05, 4.69) is 79.7 Å². The van der Waals surface area contributed by atoms with Gasteiger partial charge in [0.05, 0.1) is 0 Å². The van der Waals surface area contributed by atoms with Crippen molar-refractivity contribution in [1.82, 2.24) is 4.90 Å². The summed E-state index contributed by atoms with van der Waals surface area (Å²) < 4.78 is 0. The predicted molar refractivity (Wildman–Crippen MR) is 89.6 cm³/mol. The molecule has 1 aliphatic rings. The Hall–Kier alpha value is -1.60. The number of hydrogen-bond donors (Lipinski definition) is 0. The molecular formula is C20H25N. The SMILES string of the molecule is CN(C)CC1CCC(c2ccccc2)(c2ccccc2)C1. The molecule has 21 heavy (non-hydrogen) atoms. The van der Waals surface area contributed by atoms with Crippen LogP contribution in [0.5, 0.6) is 0 Å². The lowest BCUT2D eigenvalue weighted by molar-refractivity contribution is 0.320. The average Bonchev–Trinajstić information content (AvgIpc) is 2.93. The molecular weight excluding hydrogens is 254 g/mol. The van der Waals surface area contributed by atoms with E-state index in [0.29, 0.717) is 0 Å². The molecule has 1 unspecified atom stereocenters. The lowest BCUT2D eigenvalue weighted by Crippen LogP contribution is -2.26. The van der Waals surface area contributed by atoms with Gasteiger partial charge in [0.2, 0.25) is 0 Å². The van der Waals surface area contributed by atoms with Gasteiger partial charge in [-0.15, -0.1) is 0 Å². The van der Waals surface area contributed by atoms with Crippen LogP contribution in [0, 0.1) is 5.92 Å². The molecule has 1 atom stereocenters. The maximum Gasteiger partial charge on any atom is 0.0206 e. The van der Waals surface area contributed by atoms with E-state index in [-0.39, 0.29) is 5.41 Å². The van der Waals surface area contributed by atoms with Gasteiger partial charge in [0.15, 0.2) is 0 Å². The molecule has 1 nitrogen and oxygen atoms in total. The van der Waals surface area contributed by atoms with Gasteiger partial charge in [-0.25, -0.2) is 0 Å². The fourth-order valence-corrected chi connectivity index (χ4v) is 4.03. The first-order valence-corrected chi connectivity index (χ1v) is 7.96. The van der Waals surface area contributed by atoms with E-state index >= 15 is 0 Å². The molecule has 2 aromatic carbocycles. The second-order valence-corrected chi connectivity index (χ2v) is 6.69. The van der Waals surface area contributed by atoms with Crippen molar-refractivity contribution in [2.75, 3.05) is 20.6 Å². The Morgan fingerprint density at radius 1 is 0.905 bits per heavy atom. The first-order valence-electron chi connectivity index (χ1n) is 7.96. The lowest BCUT2D eigenvalue weighted by Gasteiger charge is -2.31. The largest absolute Gasteiger partial charge is 0.309 e. The summed E-state index contributed by atoms with van der Waals surface area (Å²) in [5.41, 5.74) is 3.18. The number of benzene rings is 2. The number of hydrogen-bond acceptors (Lipinski definition) is 1. The fraction of sp³-hybridized carbons (Fsp3) is 0.400. The summed E-state index contributed by atoms with van der Waals surface area (Å²) in [6.07, 6.45) is 3.85. The molecule has 0 radical (unpaired) electrons. The molecule has 0 amide bonds. The predicted octanol–water partition coefficient (Wildman–Crippen LogP) is 4.33. The Labute approximate surface area is 128 Å². The van der Waals surface area contributed by atoms with Gasteiger partial charge in [0.1, 0.15) is 0 Å². The summed E-state index contributed by atoms with van der Waals surface area (Å²) in [5.74, 6) is 0.792. The van der Waals surface area contributed by atoms with Gasteiger partial charge in [-0.05, 0) is 50.4 Å². The van der Waals surface area contributed by atoms with Gasteiger partial charge in [0.25, 0.3) is 0 Å². The monoisotopic (exact) mass is 279 g/mol. The third-order valence-electron chi connectivity index (χ3n) is 4.89. The van der Waals surface area contributed by atoms with Gasteiger partial charge >= 0.3 is 0 Å². The summed E-state index contributed by atoms with van der Waals surface area (Å²) in [4.78, 5) is 2.33. The first-order chi connectivity index (χ1) is 10.2. The van der Waals surface area contributed by atoms with E-state index in [4.69, 9.17) is 0 Å². The molecule has 0 spiro atoms. The number of rotatable bonds is 4. The third kappa shape index (κ3) is 2.89. The smallest absolute Gasteiger partial charge is 0.0206 e. The van der Waals surface area contributed by atoms with Gasteiger partial charge in [-0.1, -0.05) is 60.7 Å². The molecule has 1 saturated carbocycles. The minimum absolute atomic E-state index is 0.212. The summed E-state index contributed by atoms with van der Waals surface area (Å²) in [6, 6.07) is 22.2. The minimum atomic E-state index is 0.212. The van der Waals surface area contributed by atoms with E-state index in [1.165, 1.54) is 36.9 Å². The Balaban J connectivity index is 1.98. The molecule has 110 valence electrons. The fourth-order valence-electron chi connectivity index (χ4n) is 4.03. The molecule has 1 aliphatic carbocycles. The third-order valence-corrected chi connectivity index (χ3v) is 4.89. The van der Waals surface area contributed by atoms with Crippen LogP contribution < -0.4 is 0 Å². The molecule has 0 aliphatic heterocycles. The van der Waals surface area contributed by atoms with Gasteiger partial charge in [0, 0.05) is 12.0 Å². The zero-order chi connectivity index (χ0) is 14.7. The molecule has 3 rings (SSSR count). The molecule has 0 aromatic heterocycles. The Bertz CT molecular complexity index is 519. The maximum atomic E-state index is 2.33. The van der Waals surface area contributed by atoms with Crippen LogP contribution in [-0.4, -0.2) is 25.5 Å². The van der Waals surface area contributed by atoms with Crippen molar-refractivity contribution >= 4 is 0 Å². The highest BCUT2D eigenvalue weighted by Gasteiger charge is 2.41. The second-order valence-electron chi connectivity index (χ2n) is 6.69. The van der Waals surface area contributed by atoms with Crippen molar-refractivity contribution < 1.29 is 0 Å². The van der Waals surface area contributed by atoms with Crippen molar-refractivity contribution in [3.8, 4) is 0 Å². The Kier molecular flexibility index (Phi) is 4.12. The topological polar surface area (TPSA) is 3.24 Å². The van der Waals surface area contributed by atoms with Gasteiger partial charge < -0.3 is 4.90 Å². The van der Waals surface area contributed by atoms with Crippen LogP contribution in [0.25, 0.3) is 0 Å². The molecule has 2 aromatic rings. The second kappa shape index (κ2) is 6.03. The van der Waals surface area contributed by atoms with E-state index in [1.807, 2.05) is 0 Å². The summed E-state index contributed by atoms with van der Waals surface area (Å²) in [7, 11) is 4.37. The molecule has 1 fully saturated rings. The van der Waals surface area contributed by atoms with Crippen LogP contribution in [0.1, 0.15) is 30.4 Å². The highest BCUT2D eigenvalue weighted by atomic mass is 15.1. The van der Waals surface area contributed by atoms with E-state index < -0.39 is 0 Å². The number of nitrogens with zero attached hydrogens (tertiary/aromatic N) is 1. The van der Waals surface area contributed by atoms with Crippen molar-refractivity contribution in [3.05, 3.63) is 71.8 Å². The van der Waals surface area contributed by atoms with Gasteiger partial charge in [-0.2, -0.15) is 0 Å². The zero-order valence-electron chi connectivity index (χ0n) is 13.1. The van der Waals surface area contributed by atoms with Crippen LogP contribution >= 0.6 is 0 Å². The van der Waals surface area contributed by atoms with Crippen molar-refractivity contribution in [2.45, 2.75) is 24.7 Å². The normalized spacial score (nSPS) is 20.8. The molecule has 0 heterocycles. The molecule has 0 saturated heterocycles. The van der Waals surface area contributed by atoms with Gasteiger partial charge in [-0.3, -0.25) is 0 Å². The van der Waals surface area contributed by atoms with E-state index in [1.54, 1.807) is 0 Å². The lowest BCUT2D eigenvalue weighted by atomic mass is 9.72.